The molecule has 218 valence electrons. The molecule has 6 heteroatoms. The summed E-state index contributed by atoms with van der Waals surface area (Å²) in [5, 5.41) is 5.44. The minimum Gasteiger partial charge on any atom is -0.370 e. The van der Waals surface area contributed by atoms with Crippen LogP contribution in [-0.2, 0) is 16.4 Å². The molecule has 0 amide bonds. The van der Waals surface area contributed by atoms with Crippen molar-refractivity contribution < 1.29 is 8.42 Å². The van der Waals surface area contributed by atoms with Gasteiger partial charge in [-0.2, -0.15) is 0 Å². The smallest absolute Gasteiger partial charge is 0.241 e. The number of nitrogens with zero attached hydrogens (tertiary/aromatic N) is 1. The van der Waals surface area contributed by atoms with Gasteiger partial charge in [-0.1, -0.05) is 79.7 Å². The molecule has 2 N–H and O–H groups in total. The first-order valence-electron chi connectivity index (χ1n) is 15.4. The lowest BCUT2D eigenvalue weighted by Gasteiger charge is -2.28. The third kappa shape index (κ3) is 7.28. The van der Waals surface area contributed by atoms with Gasteiger partial charge in [-0.15, -0.1) is 0 Å². The summed E-state index contributed by atoms with van der Waals surface area (Å²) in [6, 6.07) is 22.5. The van der Waals surface area contributed by atoms with Gasteiger partial charge < -0.3 is 5.32 Å². The van der Waals surface area contributed by atoms with Gasteiger partial charge in [0.05, 0.1) is 10.7 Å². The van der Waals surface area contributed by atoms with E-state index in [4.69, 9.17) is 4.99 Å². The summed E-state index contributed by atoms with van der Waals surface area (Å²) in [5.41, 5.74) is 3.02. The lowest BCUT2D eigenvalue weighted by Crippen LogP contribution is -2.32. The average Bonchev–Trinajstić information content (AvgIpc) is 3.44. The van der Waals surface area contributed by atoms with Gasteiger partial charge in [-0.3, -0.25) is 4.99 Å². The minimum atomic E-state index is -3.53. The molecule has 5 nitrogen and oxygen atoms in total. The van der Waals surface area contributed by atoms with Crippen LogP contribution in [0.15, 0.2) is 88.8 Å². The third-order valence-electron chi connectivity index (χ3n) is 9.01. The number of aliphatic imine (C=N–C) groups is 1. The molecule has 2 fully saturated rings. The Morgan fingerprint density at radius 3 is 2.44 bits per heavy atom. The highest BCUT2D eigenvalue weighted by Crippen LogP contribution is 2.38. The molecule has 2 unspecified atom stereocenters. The number of sulfonamides is 1. The maximum absolute atomic E-state index is 13.1. The van der Waals surface area contributed by atoms with Gasteiger partial charge >= 0.3 is 0 Å². The summed E-state index contributed by atoms with van der Waals surface area (Å²) in [5.74, 6) is 2.74. The van der Waals surface area contributed by atoms with Crippen molar-refractivity contribution in [1.82, 2.24) is 10.0 Å². The quantitative estimate of drug-likeness (QED) is 0.291. The predicted molar refractivity (Wildman–Crippen MR) is 171 cm³/mol. The first-order valence-corrected chi connectivity index (χ1v) is 16.9. The maximum atomic E-state index is 13.1. The predicted octanol–water partition coefficient (Wildman–Crippen LogP) is 7.39. The highest BCUT2D eigenvalue weighted by Gasteiger charge is 2.36. The van der Waals surface area contributed by atoms with Crippen molar-refractivity contribution in [2.24, 2.45) is 16.8 Å². The van der Waals surface area contributed by atoms with Crippen LogP contribution in [0, 0.1) is 11.8 Å². The molecule has 2 atom stereocenters. The highest BCUT2D eigenvalue weighted by atomic mass is 32.2. The van der Waals surface area contributed by atoms with Crippen molar-refractivity contribution in [3.8, 4) is 0 Å². The Morgan fingerprint density at radius 1 is 0.927 bits per heavy atom. The second-order valence-corrected chi connectivity index (χ2v) is 13.5. The second-order valence-electron chi connectivity index (χ2n) is 11.8. The van der Waals surface area contributed by atoms with Gasteiger partial charge in [0.25, 0.3) is 0 Å². The molecule has 1 heterocycles. The lowest BCUT2D eigenvalue weighted by atomic mass is 9.80. The van der Waals surface area contributed by atoms with Crippen LogP contribution < -0.4 is 10.0 Å². The Bertz CT molecular complexity index is 1470. The van der Waals surface area contributed by atoms with Crippen LogP contribution in [0.5, 0.6) is 0 Å². The van der Waals surface area contributed by atoms with E-state index >= 15 is 0 Å². The molecule has 0 spiro atoms. The minimum absolute atomic E-state index is 0.373. The van der Waals surface area contributed by atoms with Crippen molar-refractivity contribution in [2.45, 2.75) is 82.1 Å². The first-order chi connectivity index (χ1) is 20.0. The van der Waals surface area contributed by atoms with Crippen molar-refractivity contribution in [2.75, 3.05) is 13.1 Å². The van der Waals surface area contributed by atoms with Crippen LogP contribution in [0.25, 0.3) is 10.8 Å². The van der Waals surface area contributed by atoms with Crippen LogP contribution in [0.1, 0.15) is 75.8 Å². The summed E-state index contributed by atoms with van der Waals surface area (Å²) in [6.07, 6.45) is 13.1. The van der Waals surface area contributed by atoms with Crippen LogP contribution in [-0.4, -0.2) is 33.4 Å². The number of allylic oxidation sites excluding steroid dienone is 2. The molecule has 2 aliphatic carbocycles. The third-order valence-corrected chi connectivity index (χ3v) is 10.5. The van der Waals surface area contributed by atoms with Crippen LogP contribution in [0.4, 0.5) is 0 Å². The molecule has 0 bridgehead atoms. The zero-order valence-corrected chi connectivity index (χ0v) is 25.4. The molecule has 6 rings (SSSR count). The van der Waals surface area contributed by atoms with Crippen LogP contribution in [0.3, 0.4) is 0 Å². The van der Waals surface area contributed by atoms with Crippen LogP contribution in [0.2, 0.25) is 0 Å². The number of benzene rings is 3. The van der Waals surface area contributed by atoms with Gasteiger partial charge in [0.1, 0.15) is 0 Å². The number of nitrogens with one attached hydrogen (secondary N) is 2. The molecule has 41 heavy (non-hydrogen) atoms. The second kappa shape index (κ2) is 13.8. The van der Waals surface area contributed by atoms with E-state index in [0.29, 0.717) is 35.2 Å². The number of aryl methyl sites for hydroxylation is 1. The molecule has 1 saturated carbocycles. The Labute approximate surface area is 246 Å². The van der Waals surface area contributed by atoms with Gasteiger partial charge in [0.15, 0.2) is 0 Å². The molecule has 3 aromatic carbocycles. The maximum Gasteiger partial charge on any atom is 0.241 e. The van der Waals surface area contributed by atoms with Crippen molar-refractivity contribution >= 4 is 26.6 Å². The molecule has 0 radical (unpaired) electrons. The lowest BCUT2D eigenvalue weighted by molar-refractivity contribution is 0.280. The standard InChI is InChI=1S/C30H35N3O2S.C5H10/c34-36(35,29-11-5-8-23-6-2-4-10-26(23)29)32-20-22-14-12-21(13-15-22)19-31-30-18-27-25-9-3-1-7-24(25)16-17-28(27)33-30;1-3-5-4-2/h1-11,21-22,27-28,32H,12-20H2,(H,31,33);3,5H,4H2,1-2H3/b;5-3+. The molecule has 3 aromatic rings. The summed E-state index contributed by atoms with van der Waals surface area (Å²) >= 11 is 0. The number of amidine groups is 1. The Morgan fingerprint density at radius 2 is 1.66 bits per heavy atom. The van der Waals surface area contributed by atoms with Gasteiger partial charge in [-0.05, 0) is 86.3 Å². The summed E-state index contributed by atoms with van der Waals surface area (Å²) in [7, 11) is -3.53. The van der Waals surface area contributed by atoms with Gasteiger partial charge in [0.2, 0.25) is 10.0 Å². The van der Waals surface area contributed by atoms with Gasteiger partial charge in [0, 0.05) is 36.9 Å². The first kappa shape index (κ1) is 29.5. The number of hydrogen-bond acceptors (Lipinski definition) is 3. The van der Waals surface area contributed by atoms with E-state index in [1.807, 2.05) is 43.3 Å². The normalized spacial score (nSPS) is 24.9. The topological polar surface area (TPSA) is 70.6 Å². The zero-order valence-electron chi connectivity index (χ0n) is 24.6. The number of fused-ring (bicyclic) bond motifs is 4. The van der Waals surface area contributed by atoms with E-state index in [0.717, 1.165) is 62.3 Å². The van der Waals surface area contributed by atoms with E-state index in [2.05, 4.69) is 53.4 Å². The van der Waals surface area contributed by atoms with E-state index < -0.39 is 10.0 Å². The number of hydrogen-bond donors (Lipinski definition) is 2. The fourth-order valence-electron chi connectivity index (χ4n) is 6.70. The Hall–Kier alpha value is -2.96. The van der Waals surface area contributed by atoms with Crippen LogP contribution >= 0.6 is 0 Å². The molecule has 3 aliphatic rings. The summed E-state index contributed by atoms with van der Waals surface area (Å²) < 4.78 is 29.0. The summed E-state index contributed by atoms with van der Waals surface area (Å²) in [4.78, 5) is 5.39. The van der Waals surface area contributed by atoms with E-state index in [1.54, 1.807) is 6.07 Å². The fraction of sp³-hybridized carbons (Fsp3) is 0.457. The molecular formula is C35H45N3O2S. The zero-order chi connectivity index (χ0) is 28.7. The van der Waals surface area contributed by atoms with Gasteiger partial charge in [-0.25, -0.2) is 13.1 Å². The summed E-state index contributed by atoms with van der Waals surface area (Å²) in [6.45, 7) is 5.55. The number of rotatable bonds is 7. The van der Waals surface area contributed by atoms with Crippen molar-refractivity contribution in [3.63, 3.8) is 0 Å². The van der Waals surface area contributed by atoms with E-state index in [9.17, 15) is 8.42 Å². The van der Waals surface area contributed by atoms with Crippen molar-refractivity contribution in [1.29, 1.82) is 0 Å². The SMILES string of the molecule is C/C=C/CC.O=S(=O)(NCC1CCC(CN=C2CC3c4ccccc4CCC3N2)CC1)c1cccc2ccccc12. The molecule has 1 aliphatic heterocycles. The van der Waals surface area contributed by atoms with E-state index in [1.165, 1.54) is 23.4 Å². The molecule has 0 aromatic heterocycles. The molecular weight excluding hydrogens is 526 g/mol. The molecule has 1 saturated heterocycles. The largest absolute Gasteiger partial charge is 0.370 e. The van der Waals surface area contributed by atoms with Crippen molar-refractivity contribution in [3.05, 3.63) is 90.0 Å². The highest BCUT2D eigenvalue weighted by molar-refractivity contribution is 7.89. The van der Waals surface area contributed by atoms with E-state index in [-0.39, 0.29) is 0 Å². The monoisotopic (exact) mass is 571 g/mol. The Balaban J connectivity index is 0.000000623. The average molecular weight is 572 g/mol. The fourth-order valence-corrected chi connectivity index (χ4v) is 8.04. The Kier molecular flexibility index (Phi) is 9.94.